The Balaban J connectivity index is 2.10. The first-order valence-corrected chi connectivity index (χ1v) is 8.29. The van der Waals surface area contributed by atoms with Gasteiger partial charge in [-0.1, -0.05) is 12.1 Å². The largest absolute Gasteiger partial charge is 0.238 e. The first-order valence-electron chi connectivity index (χ1n) is 6.75. The van der Waals surface area contributed by atoms with Crippen LogP contribution in [-0.2, 0) is 10.0 Å². The average Bonchev–Trinajstić information content (AvgIpc) is 3.23. The van der Waals surface area contributed by atoms with Crippen LogP contribution in [0.1, 0.15) is 0 Å². The van der Waals surface area contributed by atoms with Crippen molar-refractivity contribution >= 4 is 15.5 Å². The van der Waals surface area contributed by atoms with Crippen LogP contribution in [0.25, 0.3) is 28.0 Å². The fraction of sp³-hybridized carbons (Fsp3) is 0. The highest BCUT2D eigenvalue weighted by molar-refractivity contribution is 7.89. The van der Waals surface area contributed by atoms with Crippen molar-refractivity contribution in [1.82, 2.24) is 35.5 Å². The second kappa shape index (κ2) is 5.18. The van der Waals surface area contributed by atoms with E-state index in [4.69, 9.17) is 5.14 Å². The Bertz CT molecular complexity index is 1130. The molecule has 0 bridgehead atoms. The van der Waals surface area contributed by atoms with Gasteiger partial charge in [0.2, 0.25) is 15.8 Å². The Morgan fingerprint density at radius 3 is 2.71 bits per heavy atom. The number of hydrogen-bond donors (Lipinski definition) is 2. The van der Waals surface area contributed by atoms with Crippen molar-refractivity contribution < 1.29 is 8.42 Å². The molecule has 0 aliphatic rings. The molecule has 120 valence electrons. The molecule has 4 rings (SSSR count). The number of benzene rings is 1. The molecule has 24 heavy (non-hydrogen) atoms. The van der Waals surface area contributed by atoms with Gasteiger partial charge in [0.05, 0.1) is 22.2 Å². The quantitative estimate of drug-likeness (QED) is 0.542. The molecular weight excluding hydrogens is 332 g/mol. The molecular formula is C13H10N8O2S. The summed E-state index contributed by atoms with van der Waals surface area (Å²) in [6.07, 6.45) is 3.19. The first-order chi connectivity index (χ1) is 11.6. The van der Waals surface area contributed by atoms with Crippen LogP contribution < -0.4 is 5.14 Å². The molecule has 0 saturated heterocycles. The zero-order valence-electron chi connectivity index (χ0n) is 12.0. The summed E-state index contributed by atoms with van der Waals surface area (Å²) in [6.45, 7) is 0. The average molecular weight is 342 g/mol. The van der Waals surface area contributed by atoms with Crippen LogP contribution in [0.2, 0.25) is 0 Å². The fourth-order valence-corrected chi connectivity index (χ4v) is 3.29. The molecule has 0 atom stereocenters. The lowest BCUT2D eigenvalue weighted by Gasteiger charge is -2.10. The Morgan fingerprint density at radius 1 is 1.08 bits per heavy atom. The van der Waals surface area contributed by atoms with Crippen LogP contribution in [0, 0.1) is 0 Å². The maximum Gasteiger partial charge on any atom is 0.238 e. The smallest absolute Gasteiger partial charge is 0.225 e. The van der Waals surface area contributed by atoms with Gasteiger partial charge in [-0.15, -0.1) is 10.2 Å². The van der Waals surface area contributed by atoms with E-state index in [1.165, 1.54) is 10.7 Å². The summed E-state index contributed by atoms with van der Waals surface area (Å²) < 4.78 is 25.4. The normalized spacial score (nSPS) is 11.9. The van der Waals surface area contributed by atoms with Crippen LogP contribution in [0.3, 0.4) is 0 Å². The predicted octanol–water partition coefficient (Wildman–Crippen LogP) is 0.224. The third kappa shape index (κ3) is 2.23. The number of H-pyrrole nitrogens is 1. The molecule has 0 amide bonds. The van der Waals surface area contributed by atoms with E-state index in [-0.39, 0.29) is 16.3 Å². The summed E-state index contributed by atoms with van der Waals surface area (Å²) in [5, 5.41) is 27.2. The summed E-state index contributed by atoms with van der Waals surface area (Å²) in [5.74, 6) is 0.123. The molecule has 0 fully saturated rings. The van der Waals surface area contributed by atoms with Gasteiger partial charge in [-0.3, -0.25) is 0 Å². The molecule has 0 spiro atoms. The molecule has 0 unspecified atom stereocenters. The summed E-state index contributed by atoms with van der Waals surface area (Å²) in [4.78, 5) is -0.0929. The van der Waals surface area contributed by atoms with E-state index in [0.29, 0.717) is 16.6 Å². The molecule has 0 aliphatic heterocycles. The van der Waals surface area contributed by atoms with Crippen molar-refractivity contribution in [2.45, 2.75) is 4.90 Å². The highest BCUT2D eigenvalue weighted by Crippen LogP contribution is 2.36. The number of tetrazole rings is 1. The molecule has 3 N–H and O–H groups in total. The SMILES string of the molecule is NS(=O)(=O)c1cccc(-c2cnn3ncccc23)c1-c1nn[nH]n1. The lowest BCUT2D eigenvalue weighted by molar-refractivity contribution is 0.598. The van der Waals surface area contributed by atoms with Crippen LogP contribution in [0.15, 0.2) is 47.6 Å². The molecule has 3 aromatic heterocycles. The lowest BCUT2D eigenvalue weighted by atomic mass is 10.0. The maximum atomic E-state index is 12.0. The van der Waals surface area contributed by atoms with Gasteiger partial charge in [-0.05, 0) is 29.0 Å². The molecule has 0 saturated carbocycles. The van der Waals surface area contributed by atoms with E-state index < -0.39 is 10.0 Å². The topological polar surface area (TPSA) is 145 Å². The first kappa shape index (κ1) is 14.4. The number of rotatable bonds is 3. The van der Waals surface area contributed by atoms with E-state index in [0.717, 1.165) is 0 Å². The van der Waals surface area contributed by atoms with Crippen molar-refractivity contribution in [3.8, 4) is 22.5 Å². The Kier molecular flexibility index (Phi) is 3.11. The number of fused-ring (bicyclic) bond motifs is 1. The van der Waals surface area contributed by atoms with E-state index in [1.807, 2.05) is 6.07 Å². The van der Waals surface area contributed by atoms with Gasteiger partial charge in [-0.2, -0.15) is 20.0 Å². The molecule has 1 aromatic carbocycles. The minimum absolute atomic E-state index is 0.0929. The van der Waals surface area contributed by atoms with Gasteiger partial charge in [-0.25, -0.2) is 13.6 Å². The van der Waals surface area contributed by atoms with Crippen LogP contribution in [-0.4, -0.2) is 43.9 Å². The van der Waals surface area contributed by atoms with Crippen molar-refractivity contribution in [2.24, 2.45) is 5.14 Å². The predicted molar refractivity (Wildman–Crippen MR) is 83.0 cm³/mol. The molecule has 3 heterocycles. The number of hydrogen-bond acceptors (Lipinski definition) is 7. The van der Waals surface area contributed by atoms with Gasteiger partial charge in [0.15, 0.2) is 0 Å². The van der Waals surface area contributed by atoms with Crippen LogP contribution >= 0.6 is 0 Å². The zero-order chi connectivity index (χ0) is 16.7. The second-order valence-electron chi connectivity index (χ2n) is 4.92. The number of aromatic nitrogens is 7. The summed E-state index contributed by atoms with van der Waals surface area (Å²) in [5.41, 5.74) is 2.20. The highest BCUT2D eigenvalue weighted by atomic mass is 32.2. The molecule has 10 nitrogen and oxygen atoms in total. The number of nitrogens with zero attached hydrogens (tertiary/aromatic N) is 6. The number of primary sulfonamides is 1. The van der Waals surface area contributed by atoms with Gasteiger partial charge in [0.25, 0.3) is 0 Å². The number of sulfonamides is 1. The third-order valence-electron chi connectivity index (χ3n) is 3.50. The van der Waals surface area contributed by atoms with E-state index in [1.54, 1.807) is 30.6 Å². The summed E-state index contributed by atoms with van der Waals surface area (Å²) >= 11 is 0. The molecule has 0 aliphatic carbocycles. The number of nitrogens with two attached hydrogens (primary N) is 1. The van der Waals surface area contributed by atoms with Crippen LogP contribution in [0.5, 0.6) is 0 Å². The number of aromatic amines is 1. The van der Waals surface area contributed by atoms with Gasteiger partial charge in [0.1, 0.15) is 0 Å². The summed E-state index contributed by atoms with van der Waals surface area (Å²) in [6, 6.07) is 8.31. The third-order valence-corrected chi connectivity index (χ3v) is 4.45. The van der Waals surface area contributed by atoms with Crippen molar-refractivity contribution in [3.05, 3.63) is 42.7 Å². The Labute approximate surface area is 135 Å². The number of nitrogens with one attached hydrogen (secondary N) is 1. The van der Waals surface area contributed by atoms with Gasteiger partial charge < -0.3 is 0 Å². The van der Waals surface area contributed by atoms with Crippen molar-refractivity contribution in [1.29, 1.82) is 0 Å². The molecule has 4 aromatic rings. The molecule has 0 radical (unpaired) electrons. The van der Waals surface area contributed by atoms with Crippen molar-refractivity contribution in [3.63, 3.8) is 0 Å². The van der Waals surface area contributed by atoms with E-state index in [9.17, 15) is 8.42 Å². The van der Waals surface area contributed by atoms with Crippen molar-refractivity contribution in [2.75, 3.05) is 0 Å². The second-order valence-corrected chi connectivity index (χ2v) is 6.45. The zero-order valence-corrected chi connectivity index (χ0v) is 12.8. The fourth-order valence-electron chi connectivity index (χ4n) is 2.53. The van der Waals surface area contributed by atoms with E-state index in [2.05, 4.69) is 30.8 Å². The maximum absolute atomic E-state index is 12.0. The monoisotopic (exact) mass is 342 g/mol. The minimum atomic E-state index is -3.99. The van der Waals surface area contributed by atoms with Gasteiger partial charge >= 0.3 is 0 Å². The van der Waals surface area contributed by atoms with Crippen LogP contribution in [0.4, 0.5) is 0 Å². The Hall–Kier alpha value is -3.18. The summed E-state index contributed by atoms with van der Waals surface area (Å²) in [7, 11) is -3.99. The highest BCUT2D eigenvalue weighted by Gasteiger charge is 2.23. The Morgan fingerprint density at radius 2 is 1.96 bits per heavy atom. The lowest BCUT2D eigenvalue weighted by Crippen LogP contribution is -2.14. The van der Waals surface area contributed by atoms with E-state index >= 15 is 0 Å². The minimum Gasteiger partial charge on any atom is -0.225 e. The standard InChI is InChI=1S/C13H10N8O2S/c14-24(22,23)11-5-1-3-8(12(11)13-17-19-20-18-13)9-7-16-21-10(9)4-2-6-15-21/h1-7H,(H2,14,22,23)(H,17,18,19,20). The molecule has 11 heteroatoms. The van der Waals surface area contributed by atoms with Gasteiger partial charge in [0, 0.05) is 11.8 Å².